The van der Waals surface area contributed by atoms with Crippen molar-refractivity contribution in [2.24, 2.45) is 5.73 Å². The van der Waals surface area contributed by atoms with Crippen molar-refractivity contribution in [3.8, 4) is 0 Å². The van der Waals surface area contributed by atoms with Crippen molar-refractivity contribution in [1.82, 2.24) is 0 Å². The third-order valence-electron chi connectivity index (χ3n) is 2.35. The summed E-state index contributed by atoms with van der Waals surface area (Å²) in [6, 6.07) is 7.62. The van der Waals surface area contributed by atoms with Gasteiger partial charge in [-0.2, -0.15) is 0 Å². The first-order chi connectivity index (χ1) is 6.83. The average molecular weight is 191 g/mol. The van der Waals surface area contributed by atoms with Gasteiger partial charge in [-0.3, -0.25) is 0 Å². The largest absolute Gasteiger partial charge is 0.464 e. The summed E-state index contributed by atoms with van der Waals surface area (Å²) in [6.45, 7) is 0.0955. The quantitative estimate of drug-likeness (QED) is 0.777. The van der Waals surface area contributed by atoms with E-state index in [9.17, 15) is 0 Å². The molecule has 0 saturated heterocycles. The van der Waals surface area contributed by atoms with Crippen LogP contribution in [0.2, 0.25) is 0 Å². The van der Waals surface area contributed by atoms with Crippen LogP contribution in [0.4, 0.5) is 0 Å². The van der Waals surface area contributed by atoms with Crippen molar-refractivity contribution in [3.63, 3.8) is 0 Å². The van der Waals surface area contributed by atoms with E-state index in [0.29, 0.717) is 6.42 Å². The molecule has 0 aliphatic carbocycles. The van der Waals surface area contributed by atoms with Crippen LogP contribution in [0.3, 0.4) is 0 Å². The Balaban J connectivity index is 2.45. The van der Waals surface area contributed by atoms with E-state index in [1.54, 1.807) is 6.26 Å². The van der Waals surface area contributed by atoms with Crippen LogP contribution >= 0.6 is 0 Å². The lowest BCUT2D eigenvalue weighted by molar-refractivity contribution is 0.276. The Morgan fingerprint density at radius 2 is 2.21 bits per heavy atom. The maximum absolute atomic E-state index is 8.81. The minimum absolute atomic E-state index is 0.0955. The molecule has 0 aliphatic heterocycles. The van der Waals surface area contributed by atoms with E-state index in [1.165, 1.54) is 0 Å². The third kappa shape index (κ3) is 1.52. The molecule has 1 aromatic carbocycles. The Morgan fingerprint density at radius 1 is 1.36 bits per heavy atom. The molecule has 74 valence electrons. The zero-order chi connectivity index (χ0) is 9.97. The van der Waals surface area contributed by atoms with E-state index in [2.05, 4.69) is 0 Å². The van der Waals surface area contributed by atoms with Crippen LogP contribution in [-0.4, -0.2) is 11.7 Å². The molecule has 3 heteroatoms. The number of furan rings is 1. The summed E-state index contributed by atoms with van der Waals surface area (Å²) in [5.74, 6) is 0. The molecule has 2 rings (SSSR count). The van der Waals surface area contributed by atoms with Gasteiger partial charge in [-0.15, -0.1) is 0 Å². The van der Waals surface area contributed by atoms with Gasteiger partial charge in [0.25, 0.3) is 0 Å². The van der Waals surface area contributed by atoms with Crippen molar-refractivity contribution in [2.45, 2.75) is 12.5 Å². The van der Waals surface area contributed by atoms with Crippen LogP contribution in [-0.2, 0) is 0 Å². The highest BCUT2D eigenvalue weighted by atomic mass is 16.3. The van der Waals surface area contributed by atoms with Gasteiger partial charge in [0.1, 0.15) is 5.58 Å². The average Bonchev–Trinajstić information content (AvgIpc) is 2.65. The summed E-state index contributed by atoms with van der Waals surface area (Å²) in [5.41, 5.74) is 7.70. The summed E-state index contributed by atoms with van der Waals surface area (Å²) >= 11 is 0. The molecular weight excluding hydrogens is 178 g/mol. The number of fused-ring (bicyclic) bond motifs is 1. The van der Waals surface area contributed by atoms with Crippen molar-refractivity contribution in [3.05, 3.63) is 36.1 Å². The summed E-state index contributed by atoms with van der Waals surface area (Å²) < 4.78 is 5.35. The minimum atomic E-state index is -0.158. The number of hydrogen-bond acceptors (Lipinski definition) is 3. The normalized spacial score (nSPS) is 13.3. The van der Waals surface area contributed by atoms with E-state index in [4.69, 9.17) is 15.3 Å². The van der Waals surface area contributed by atoms with Crippen LogP contribution in [0.15, 0.2) is 34.9 Å². The second-order valence-corrected chi connectivity index (χ2v) is 3.30. The van der Waals surface area contributed by atoms with Gasteiger partial charge in [0.05, 0.1) is 6.26 Å². The first-order valence-corrected chi connectivity index (χ1v) is 4.65. The van der Waals surface area contributed by atoms with E-state index < -0.39 is 0 Å². The van der Waals surface area contributed by atoms with Gasteiger partial charge in [-0.05, 0) is 12.5 Å². The topological polar surface area (TPSA) is 59.4 Å². The number of nitrogens with two attached hydrogens (primary N) is 1. The molecule has 3 N–H and O–H groups in total. The smallest absolute Gasteiger partial charge is 0.138 e. The van der Waals surface area contributed by atoms with Crippen LogP contribution in [0.1, 0.15) is 18.0 Å². The van der Waals surface area contributed by atoms with Gasteiger partial charge in [0.2, 0.25) is 0 Å². The number of aliphatic hydroxyl groups excluding tert-OH is 1. The molecule has 1 unspecified atom stereocenters. The maximum atomic E-state index is 8.81. The van der Waals surface area contributed by atoms with E-state index >= 15 is 0 Å². The predicted octanol–water partition coefficient (Wildman–Crippen LogP) is 1.81. The van der Waals surface area contributed by atoms with Crippen molar-refractivity contribution in [1.29, 1.82) is 0 Å². The summed E-state index contributed by atoms with van der Waals surface area (Å²) in [6.07, 6.45) is 2.21. The van der Waals surface area contributed by atoms with Gasteiger partial charge in [-0.25, -0.2) is 0 Å². The lowest BCUT2D eigenvalue weighted by Crippen LogP contribution is -2.11. The van der Waals surface area contributed by atoms with Gasteiger partial charge in [-0.1, -0.05) is 18.2 Å². The van der Waals surface area contributed by atoms with Crippen molar-refractivity contribution < 1.29 is 9.52 Å². The molecular formula is C11H13NO2. The molecule has 1 atom stereocenters. The highest BCUT2D eigenvalue weighted by molar-refractivity contribution is 5.80. The lowest BCUT2D eigenvalue weighted by atomic mass is 10.0. The highest BCUT2D eigenvalue weighted by Crippen LogP contribution is 2.25. The van der Waals surface area contributed by atoms with Crippen LogP contribution in [0.25, 0.3) is 11.0 Å². The Kier molecular flexibility index (Phi) is 2.52. The van der Waals surface area contributed by atoms with Gasteiger partial charge >= 0.3 is 0 Å². The maximum Gasteiger partial charge on any atom is 0.138 e. The number of hydrogen-bond donors (Lipinski definition) is 2. The Morgan fingerprint density at radius 3 is 3.00 bits per heavy atom. The molecule has 0 radical (unpaired) electrons. The molecule has 0 amide bonds. The van der Waals surface area contributed by atoms with Gasteiger partial charge < -0.3 is 15.3 Å². The molecule has 0 aliphatic rings. The highest BCUT2D eigenvalue weighted by Gasteiger charge is 2.10. The SMILES string of the molecule is NC(CCO)c1cccc2ccoc12. The van der Waals surface area contributed by atoms with Crippen LogP contribution in [0, 0.1) is 0 Å². The minimum Gasteiger partial charge on any atom is -0.464 e. The molecule has 1 heterocycles. The van der Waals surface area contributed by atoms with Crippen molar-refractivity contribution >= 4 is 11.0 Å². The molecule has 14 heavy (non-hydrogen) atoms. The van der Waals surface area contributed by atoms with Crippen LogP contribution in [0.5, 0.6) is 0 Å². The number of aliphatic hydroxyl groups is 1. The fourth-order valence-electron chi connectivity index (χ4n) is 1.60. The lowest BCUT2D eigenvalue weighted by Gasteiger charge is -2.10. The summed E-state index contributed by atoms with van der Waals surface area (Å²) in [7, 11) is 0. The second-order valence-electron chi connectivity index (χ2n) is 3.30. The molecule has 1 aromatic heterocycles. The van der Waals surface area contributed by atoms with Crippen LogP contribution < -0.4 is 5.73 Å². The summed E-state index contributed by atoms with van der Waals surface area (Å²) in [5, 5.41) is 9.86. The second kappa shape index (κ2) is 3.82. The molecule has 2 aromatic rings. The predicted molar refractivity (Wildman–Crippen MR) is 54.8 cm³/mol. The number of benzene rings is 1. The van der Waals surface area contributed by atoms with Crippen molar-refractivity contribution in [2.75, 3.05) is 6.61 Å². The van der Waals surface area contributed by atoms with E-state index in [1.807, 2.05) is 24.3 Å². The molecule has 0 saturated carbocycles. The standard InChI is InChI=1S/C11H13NO2/c12-10(4-6-13)9-3-1-2-8-5-7-14-11(8)9/h1-3,5,7,10,13H,4,6,12H2. The molecule has 3 nitrogen and oxygen atoms in total. The Hall–Kier alpha value is -1.32. The first-order valence-electron chi connectivity index (χ1n) is 4.65. The van der Waals surface area contributed by atoms with Gasteiger partial charge in [0.15, 0.2) is 0 Å². The zero-order valence-electron chi connectivity index (χ0n) is 7.81. The fourth-order valence-corrected chi connectivity index (χ4v) is 1.60. The van der Waals surface area contributed by atoms with E-state index in [0.717, 1.165) is 16.5 Å². The number of para-hydroxylation sites is 1. The monoisotopic (exact) mass is 191 g/mol. The van der Waals surface area contributed by atoms with Gasteiger partial charge in [0, 0.05) is 23.6 Å². The Bertz CT molecular complexity index is 422. The Labute approximate surface area is 82.1 Å². The third-order valence-corrected chi connectivity index (χ3v) is 2.35. The zero-order valence-corrected chi connectivity index (χ0v) is 7.81. The first kappa shape index (κ1) is 9.24. The molecule has 0 fully saturated rings. The molecule has 0 spiro atoms. The molecule has 0 bridgehead atoms. The summed E-state index contributed by atoms with van der Waals surface area (Å²) in [4.78, 5) is 0. The fraction of sp³-hybridized carbons (Fsp3) is 0.273. The number of rotatable bonds is 3. The van der Waals surface area contributed by atoms with E-state index in [-0.39, 0.29) is 12.6 Å².